The van der Waals surface area contributed by atoms with E-state index in [4.69, 9.17) is 14.6 Å². The van der Waals surface area contributed by atoms with Crippen LogP contribution in [0.5, 0.6) is 0 Å². The molecule has 1 spiro atoms. The molecule has 9 nitrogen and oxygen atoms in total. The summed E-state index contributed by atoms with van der Waals surface area (Å²) in [6.45, 7) is 1.98. The molecule has 172 valence electrons. The van der Waals surface area contributed by atoms with E-state index in [1.54, 1.807) is 30.7 Å². The van der Waals surface area contributed by atoms with E-state index in [0.29, 0.717) is 31.3 Å². The molecule has 2 aliphatic rings. The zero-order valence-electron chi connectivity index (χ0n) is 17.0. The number of rotatable bonds is 3. The number of carboxylic acids is 1. The number of hydrogen-bond donors (Lipinski definition) is 2. The van der Waals surface area contributed by atoms with Gasteiger partial charge in [0.1, 0.15) is 5.69 Å². The Bertz CT molecular complexity index is 916. The van der Waals surface area contributed by atoms with Gasteiger partial charge in [0.25, 0.3) is 5.91 Å². The number of nitrogens with one attached hydrogen (secondary N) is 1. The highest BCUT2D eigenvalue weighted by Crippen LogP contribution is 2.35. The largest absolute Gasteiger partial charge is 0.490 e. The second-order valence-electron chi connectivity index (χ2n) is 7.43. The molecule has 0 saturated carbocycles. The Labute approximate surface area is 181 Å². The van der Waals surface area contributed by atoms with E-state index in [1.807, 2.05) is 17.0 Å². The summed E-state index contributed by atoms with van der Waals surface area (Å²) in [6, 6.07) is 7.46. The van der Waals surface area contributed by atoms with Crippen molar-refractivity contribution >= 4 is 17.8 Å². The lowest BCUT2D eigenvalue weighted by molar-refractivity contribution is -0.192. The highest BCUT2D eigenvalue weighted by Gasteiger charge is 2.45. The van der Waals surface area contributed by atoms with Crippen molar-refractivity contribution in [2.24, 2.45) is 0 Å². The molecule has 2 fully saturated rings. The number of ether oxygens (including phenoxy) is 1. The maximum atomic E-state index is 12.6. The summed E-state index contributed by atoms with van der Waals surface area (Å²) in [6.07, 6.45) is 2.63. The van der Waals surface area contributed by atoms with Gasteiger partial charge in [-0.05, 0) is 37.5 Å². The molecular formula is C20H22F3N5O4. The highest BCUT2D eigenvalue weighted by atomic mass is 19.4. The molecule has 2 saturated heterocycles. The average molecular weight is 453 g/mol. The van der Waals surface area contributed by atoms with Gasteiger partial charge in [-0.15, -0.1) is 0 Å². The molecule has 2 aliphatic heterocycles. The van der Waals surface area contributed by atoms with Gasteiger partial charge in [-0.1, -0.05) is 6.07 Å². The molecule has 0 unspecified atom stereocenters. The van der Waals surface area contributed by atoms with Gasteiger partial charge in [-0.3, -0.25) is 9.78 Å². The molecule has 32 heavy (non-hydrogen) atoms. The minimum Gasteiger partial charge on any atom is -0.475 e. The molecular weight excluding hydrogens is 431 g/mol. The summed E-state index contributed by atoms with van der Waals surface area (Å²) in [7, 11) is 0. The Hall–Kier alpha value is -3.28. The Morgan fingerprint density at radius 3 is 2.47 bits per heavy atom. The van der Waals surface area contributed by atoms with E-state index in [0.717, 1.165) is 19.3 Å². The third kappa shape index (κ3) is 6.13. The molecule has 2 aromatic rings. The number of alkyl halides is 3. The number of pyridine rings is 1. The first kappa shape index (κ1) is 23.4. The summed E-state index contributed by atoms with van der Waals surface area (Å²) in [5.41, 5.74) is 0.206. The maximum absolute atomic E-state index is 12.6. The van der Waals surface area contributed by atoms with Crippen molar-refractivity contribution in [2.45, 2.75) is 37.1 Å². The van der Waals surface area contributed by atoms with E-state index < -0.39 is 12.1 Å². The second kappa shape index (κ2) is 9.90. The monoisotopic (exact) mass is 453 g/mol. The molecule has 0 bridgehead atoms. The van der Waals surface area contributed by atoms with Gasteiger partial charge < -0.3 is 20.1 Å². The van der Waals surface area contributed by atoms with Crippen LogP contribution in [0.25, 0.3) is 0 Å². The smallest absolute Gasteiger partial charge is 0.475 e. The van der Waals surface area contributed by atoms with Crippen molar-refractivity contribution in [3.63, 3.8) is 0 Å². The summed E-state index contributed by atoms with van der Waals surface area (Å²) in [5, 5.41) is 10.5. The zero-order valence-corrected chi connectivity index (χ0v) is 17.0. The number of hydrogen-bond acceptors (Lipinski definition) is 7. The molecule has 2 atom stereocenters. The molecule has 0 aliphatic carbocycles. The number of aromatic nitrogens is 3. The minimum atomic E-state index is -5.08. The van der Waals surface area contributed by atoms with Crippen molar-refractivity contribution in [1.29, 1.82) is 0 Å². The fraction of sp³-hybridized carbons (Fsp3) is 0.450. The predicted molar refractivity (Wildman–Crippen MR) is 106 cm³/mol. The van der Waals surface area contributed by atoms with E-state index in [1.165, 1.54) is 0 Å². The van der Waals surface area contributed by atoms with Crippen LogP contribution in [-0.4, -0.2) is 74.4 Å². The lowest BCUT2D eigenvalue weighted by Crippen LogP contribution is -2.47. The van der Waals surface area contributed by atoms with Crippen molar-refractivity contribution in [1.82, 2.24) is 19.9 Å². The Kier molecular flexibility index (Phi) is 7.23. The van der Waals surface area contributed by atoms with E-state index in [2.05, 4.69) is 20.3 Å². The van der Waals surface area contributed by atoms with Crippen molar-refractivity contribution in [3.05, 3.63) is 48.5 Å². The normalized spacial score (nSPS) is 22.7. The standard InChI is InChI=1S/C18H21N5O2.C2HF3O2/c24-16(15-4-1-2-7-19-15)23-10-6-18(13-23)12-14(5-11-25-18)22-17-20-8-3-9-21-17;3-2(4,5)1(6)7/h1-4,7-9,14H,5-6,10-13H2,(H,20,21,22);(H,6,7)/t14-,18+;/m0./s1. The fourth-order valence-corrected chi connectivity index (χ4v) is 3.66. The SMILES string of the molecule is O=C(O)C(F)(F)F.O=C(c1ccccn1)N1CC[C@@]2(C[C@@H](Nc3ncccn3)CCO2)C1. The quantitative estimate of drug-likeness (QED) is 0.728. The van der Waals surface area contributed by atoms with Gasteiger partial charge in [-0.25, -0.2) is 14.8 Å². The van der Waals surface area contributed by atoms with E-state index in [-0.39, 0.29) is 17.6 Å². The van der Waals surface area contributed by atoms with E-state index >= 15 is 0 Å². The first-order valence-electron chi connectivity index (χ1n) is 9.86. The Morgan fingerprint density at radius 2 is 1.84 bits per heavy atom. The molecule has 2 N–H and O–H groups in total. The predicted octanol–water partition coefficient (Wildman–Crippen LogP) is 2.38. The number of nitrogens with zero attached hydrogens (tertiary/aromatic N) is 4. The number of carbonyl (C=O) groups excluding carboxylic acids is 1. The number of likely N-dealkylation sites (tertiary alicyclic amines) is 1. The summed E-state index contributed by atoms with van der Waals surface area (Å²) >= 11 is 0. The van der Waals surface area contributed by atoms with Gasteiger partial charge in [0, 0.05) is 37.8 Å². The third-order valence-electron chi connectivity index (χ3n) is 5.12. The van der Waals surface area contributed by atoms with Crippen LogP contribution in [0.2, 0.25) is 0 Å². The molecule has 1 amide bonds. The number of anilines is 1. The summed E-state index contributed by atoms with van der Waals surface area (Å²) in [5.74, 6) is -2.14. The molecule has 0 radical (unpaired) electrons. The van der Waals surface area contributed by atoms with Gasteiger partial charge in [0.05, 0.1) is 12.1 Å². The topological polar surface area (TPSA) is 118 Å². The molecule has 12 heteroatoms. The summed E-state index contributed by atoms with van der Waals surface area (Å²) in [4.78, 5) is 36.0. The van der Waals surface area contributed by atoms with E-state index in [9.17, 15) is 18.0 Å². The number of carboxylic acid groups (broad SMARTS) is 1. The van der Waals surface area contributed by atoms with Crippen LogP contribution >= 0.6 is 0 Å². The first-order chi connectivity index (χ1) is 15.2. The Balaban J connectivity index is 0.000000360. The highest BCUT2D eigenvalue weighted by molar-refractivity contribution is 5.92. The second-order valence-corrected chi connectivity index (χ2v) is 7.43. The lowest BCUT2D eigenvalue weighted by atomic mass is 9.89. The van der Waals surface area contributed by atoms with Gasteiger partial charge in [0.15, 0.2) is 0 Å². The van der Waals surface area contributed by atoms with Crippen LogP contribution in [0.4, 0.5) is 19.1 Å². The number of aliphatic carboxylic acids is 1. The molecule has 4 heterocycles. The number of carbonyl (C=O) groups is 2. The lowest BCUT2D eigenvalue weighted by Gasteiger charge is -2.38. The van der Waals surface area contributed by atoms with Crippen LogP contribution in [-0.2, 0) is 9.53 Å². The molecule has 4 rings (SSSR count). The van der Waals surface area contributed by atoms with Crippen LogP contribution in [0, 0.1) is 0 Å². The van der Waals surface area contributed by atoms with Crippen LogP contribution in [0.15, 0.2) is 42.9 Å². The zero-order chi connectivity index (χ0) is 23.2. The molecule has 2 aromatic heterocycles. The van der Waals surface area contributed by atoms with Gasteiger partial charge >= 0.3 is 12.1 Å². The van der Waals surface area contributed by atoms with Crippen LogP contribution < -0.4 is 5.32 Å². The first-order valence-corrected chi connectivity index (χ1v) is 9.86. The number of halogens is 3. The van der Waals surface area contributed by atoms with Crippen molar-refractivity contribution < 1.29 is 32.6 Å². The van der Waals surface area contributed by atoms with Crippen LogP contribution in [0.1, 0.15) is 29.8 Å². The van der Waals surface area contributed by atoms with Crippen molar-refractivity contribution in [3.8, 4) is 0 Å². The van der Waals surface area contributed by atoms with Crippen LogP contribution in [0.3, 0.4) is 0 Å². The summed E-state index contributed by atoms with van der Waals surface area (Å²) < 4.78 is 37.9. The Morgan fingerprint density at radius 1 is 1.16 bits per heavy atom. The molecule has 0 aromatic carbocycles. The average Bonchev–Trinajstić information content (AvgIpc) is 3.17. The third-order valence-corrected chi connectivity index (χ3v) is 5.12. The number of amides is 1. The van der Waals surface area contributed by atoms with Gasteiger partial charge in [-0.2, -0.15) is 13.2 Å². The minimum absolute atomic E-state index is 0.0254. The fourth-order valence-electron chi connectivity index (χ4n) is 3.66. The van der Waals surface area contributed by atoms with Crippen molar-refractivity contribution in [2.75, 3.05) is 25.0 Å². The van der Waals surface area contributed by atoms with Gasteiger partial charge in [0.2, 0.25) is 5.95 Å². The maximum Gasteiger partial charge on any atom is 0.490 e.